The van der Waals surface area contributed by atoms with Crippen molar-refractivity contribution >= 4 is 35.2 Å². The predicted octanol–water partition coefficient (Wildman–Crippen LogP) is 5.63. The molecular formula is C31H38N4O8. The number of nitro groups is 2. The highest BCUT2D eigenvalue weighted by atomic mass is 16.6. The molecule has 2 aromatic rings. The number of non-ortho nitro benzene ring substituents is 2. The van der Waals surface area contributed by atoms with Gasteiger partial charge in [-0.2, -0.15) is 0 Å². The minimum absolute atomic E-state index is 0.0549. The van der Waals surface area contributed by atoms with Gasteiger partial charge in [0.1, 0.15) is 5.60 Å². The number of Topliss-reactive ketones (excluding diaryl/α,β-unsaturated/α-hetero) is 1. The van der Waals surface area contributed by atoms with Crippen molar-refractivity contribution in [2.45, 2.75) is 65.4 Å². The van der Waals surface area contributed by atoms with Crippen LogP contribution in [0.5, 0.6) is 0 Å². The summed E-state index contributed by atoms with van der Waals surface area (Å²) in [5.74, 6) is -0.265. The van der Waals surface area contributed by atoms with Gasteiger partial charge < -0.3 is 15.0 Å². The van der Waals surface area contributed by atoms with E-state index in [1.807, 2.05) is 0 Å². The van der Waals surface area contributed by atoms with Crippen LogP contribution in [-0.4, -0.2) is 57.8 Å². The monoisotopic (exact) mass is 594 g/mol. The minimum Gasteiger partial charge on any atom is -0.444 e. The van der Waals surface area contributed by atoms with E-state index in [0.29, 0.717) is 36.9 Å². The van der Waals surface area contributed by atoms with Crippen LogP contribution < -0.4 is 5.32 Å². The van der Waals surface area contributed by atoms with Gasteiger partial charge in [-0.05, 0) is 69.4 Å². The Morgan fingerprint density at radius 1 is 0.977 bits per heavy atom. The summed E-state index contributed by atoms with van der Waals surface area (Å²) >= 11 is 0. The quantitative estimate of drug-likeness (QED) is 0.151. The first-order valence-electron chi connectivity index (χ1n) is 14.1. The second-order valence-electron chi connectivity index (χ2n) is 12.0. The second-order valence-corrected chi connectivity index (χ2v) is 12.0. The summed E-state index contributed by atoms with van der Waals surface area (Å²) < 4.78 is 5.21. The molecule has 1 aliphatic rings. The maximum Gasteiger partial charge on any atom is 0.407 e. The van der Waals surface area contributed by atoms with Gasteiger partial charge in [-0.1, -0.05) is 25.5 Å². The molecule has 2 amide bonds. The summed E-state index contributed by atoms with van der Waals surface area (Å²) in [6.07, 6.45) is 3.68. The third kappa shape index (κ3) is 9.73. The van der Waals surface area contributed by atoms with Gasteiger partial charge in [0.15, 0.2) is 5.78 Å². The Balaban J connectivity index is 1.71. The third-order valence-corrected chi connectivity index (χ3v) is 7.02. The number of carbonyl (C=O) groups excluding carboxylic acids is 3. The van der Waals surface area contributed by atoms with Crippen LogP contribution in [-0.2, 0) is 20.7 Å². The molecule has 1 heterocycles. The van der Waals surface area contributed by atoms with Crippen molar-refractivity contribution in [2.24, 2.45) is 5.41 Å². The first kappa shape index (κ1) is 32.9. The minimum atomic E-state index is -0.992. The highest BCUT2D eigenvalue weighted by Gasteiger charge is 2.42. The van der Waals surface area contributed by atoms with Crippen LogP contribution in [0.4, 0.5) is 16.2 Å². The number of nitrogens with zero attached hydrogens (tertiary/aromatic N) is 3. The molecule has 1 N–H and O–H groups in total. The van der Waals surface area contributed by atoms with Crippen LogP contribution in [0.3, 0.4) is 0 Å². The zero-order valence-corrected chi connectivity index (χ0v) is 25.0. The number of unbranched alkanes of at least 4 members (excludes halogenated alkanes) is 2. The Morgan fingerprint density at radius 2 is 1.56 bits per heavy atom. The summed E-state index contributed by atoms with van der Waals surface area (Å²) in [5, 5.41) is 24.8. The smallest absolute Gasteiger partial charge is 0.407 e. The van der Waals surface area contributed by atoms with Gasteiger partial charge in [0.05, 0.1) is 15.3 Å². The van der Waals surface area contributed by atoms with Crippen molar-refractivity contribution in [3.05, 3.63) is 85.5 Å². The van der Waals surface area contributed by atoms with Crippen molar-refractivity contribution in [3.63, 3.8) is 0 Å². The van der Waals surface area contributed by atoms with Gasteiger partial charge >= 0.3 is 6.09 Å². The SMILES string of the molecule is CC(C)(C)OC(=O)NCCCCCC(=O)N1C/C(=C\c2ccc([N+](=O)[O-])cc2)C(=O)C(C)(Cc2ccc([N+](=O)[O-])cc2)C1. The number of benzene rings is 2. The van der Waals surface area contributed by atoms with E-state index in [0.717, 1.165) is 5.56 Å². The molecule has 0 aliphatic carbocycles. The highest BCUT2D eigenvalue weighted by Crippen LogP contribution is 2.35. The molecular weight excluding hydrogens is 556 g/mol. The number of carbonyl (C=O) groups is 3. The van der Waals surface area contributed by atoms with Crippen LogP contribution in [0.15, 0.2) is 54.1 Å². The zero-order valence-electron chi connectivity index (χ0n) is 25.0. The third-order valence-electron chi connectivity index (χ3n) is 7.02. The molecule has 12 nitrogen and oxygen atoms in total. The van der Waals surface area contributed by atoms with Crippen LogP contribution in [0.1, 0.15) is 64.5 Å². The van der Waals surface area contributed by atoms with Gasteiger partial charge in [-0.25, -0.2) is 4.79 Å². The lowest BCUT2D eigenvalue weighted by atomic mass is 9.73. The fraction of sp³-hybridized carbons (Fsp3) is 0.452. The second kappa shape index (κ2) is 14.0. The fourth-order valence-corrected chi connectivity index (χ4v) is 4.96. The number of piperidine rings is 1. The Bertz CT molecular complexity index is 1380. The molecule has 0 spiro atoms. The molecule has 2 aromatic carbocycles. The van der Waals surface area contributed by atoms with E-state index in [9.17, 15) is 34.6 Å². The number of nitro benzene ring substituents is 2. The van der Waals surface area contributed by atoms with E-state index in [2.05, 4.69) is 5.32 Å². The van der Waals surface area contributed by atoms with Crippen molar-refractivity contribution in [2.75, 3.05) is 19.6 Å². The molecule has 3 rings (SSSR count). The Morgan fingerprint density at radius 3 is 2.12 bits per heavy atom. The summed E-state index contributed by atoms with van der Waals surface area (Å²) in [6.45, 7) is 7.85. The van der Waals surface area contributed by atoms with Gasteiger partial charge in [-0.3, -0.25) is 29.8 Å². The molecule has 1 fully saturated rings. The van der Waals surface area contributed by atoms with E-state index in [4.69, 9.17) is 4.74 Å². The Labute approximate surface area is 250 Å². The molecule has 0 radical (unpaired) electrons. The fourth-order valence-electron chi connectivity index (χ4n) is 4.96. The van der Waals surface area contributed by atoms with E-state index < -0.39 is 27.0 Å². The normalized spacial score (nSPS) is 17.9. The van der Waals surface area contributed by atoms with Crippen molar-refractivity contribution in [1.29, 1.82) is 0 Å². The van der Waals surface area contributed by atoms with Crippen molar-refractivity contribution in [1.82, 2.24) is 10.2 Å². The topological polar surface area (TPSA) is 162 Å². The van der Waals surface area contributed by atoms with E-state index in [1.54, 1.807) is 62.9 Å². The lowest BCUT2D eigenvalue weighted by molar-refractivity contribution is -0.385. The van der Waals surface area contributed by atoms with Crippen LogP contribution in [0, 0.1) is 25.6 Å². The van der Waals surface area contributed by atoms with E-state index in [-0.39, 0.29) is 49.0 Å². The maximum absolute atomic E-state index is 13.8. The van der Waals surface area contributed by atoms with E-state index in [1.165, 1.54) is 24.3 Å². The largest absolute Gasteiger partial charge is 0.444 e. The average molecular weight is 595 g/mol. The molecule has 12 heteroatoms. The number of alkyl carbamates (subject to hydrolysis) is 1. The summed E-state index contributed by atoms with van der Waals surface area (Å²) in [4.78, 5) is 61.7. The maximum atomic E-state index is 13.8. The van der Waals surface area contributed by atoms with Crippen molar-refractivity contribution < 1.29 is 29.0 Å². The standard InChI is InChI=1S/C31H38N4O8/c1-30(2,3)43-29(38)32-17-7-5-6-8-27(36)33-20-24(18-22-9-13-25(14-10-22)34(39)40)28(37)31(4,21-33)19-23-11-15-26(16-12-23)35(41)42/h9-16,18H,5-8,17,19-21H2,1-4H3,(H,32,38)/b24-18+. The molecule has 230 valence electrons. The van der Waals surface area contributed by atoms with Gasteiger partial charge in [0.2, 0.25) is 5.91 Å². The van der Waals surface area contributed by atoms with Gasteiger partial charge in [0.25, 0.3) is 11.4 Å². The number of amides is 2. The predicted molar refractivity (Wildman–Crippen MR) is 160 cm³/mol. The highest BCUT2D eigenvalue weighted by molar-refractivity contribution is 6.05. The molecule has 1 aliphatic heterocycles. The van der Waals surface area contributed by atoms with Gasteiger partial charge in [-0.15, -0.1) is 0 Å². The van der Waals surface area contributed by atoms with Crippen LogP contribution >= 0.6 is 0 Å². The number of rotatable bonds is 11. The summed E-state index contributed by atoms with van der Waals surface area (Å²) in [7, 11) is 0. The number of ether oxygens (including phenoxy) is 1. The molecule has 1 saturated heterocycles. The molecule has 0 aromatic heterocycles. The van der Waals surface area contributed by atoms with Gasteiger partial charge in [0, 0.05) is 55.9 Å². The lowest BCUT2D eigenvalue weighted by Crippen LogP contribution is -2.52. The van der Waals surface area contributed by atoms with Crippen LogP contribution in [0.25, 0.3) is 6.08 Å². The lowest BCUT2D eigenvalue weighted by Gasteiger charge is -2.41. The molecule has 43 heavy (non-hydrogen) atoms. The Kier molecular flexibility index (Phi) is 10.7. The first-order valence-corrected chi connectivity index (χ1v) is 14.1. The number of hydrogen-bond acceptors (Lipinski definition) is 8. The summed E-state index contributed by atoms with van der Waals surface area (Å²) in [5.41, 5.74) is 0.0266. The van der Waals surface area contributed by atoms with Crippen molar-refractivity contribution in [3.8, 4) is 0 Å². The Hall–Kier alpha value is -4.61. The molecule has 1 atom stereocenters. The molecule has 1 unspecified atom stereocenters. The average Bonchev–Trinajstić information content (AvgIpc) is 2.92. The van der Waals surface area contributed by atoms with E-state index >= 15 is 0 Å². The number of likely N-dealkylation sites (tertiary alicyclic amines) is 1. The first-order chi connectivity index (χ1) is 20.2. The number of hydrogen-bond donors (Lipinski definition) is 1. The zero-order chi connectivity index (χ0) is 31.8. The molecule has 0 bridgehead atoms. The summed E-state index contributed by atoms with van der Waals surface area (Å²) in [6, 6.07) is 11.8. The number of ketones is 1. The molecule has 0 saturated carbocycles. The van der Waals surface area contributed by atoms with Crippen LogP contribution in [0.2, 0.25) is 0 Å². The number of nitrogens with one attached hydrogen (secondary N) is 1.